The molecule has 1 nitrogen and oxygen atoms in total. The van der Waals surface area contributed by atoms with Gasteiger partial charge in [-0.15, -0.1) is 11.6 Å². The third-order valence-corrected chi connectivity index (χ3v) is 5.30. The Hall–Kier alpha value is -0.110. The van der Waals surface area contributed by atoms with Gasteiger partial charge in [0.1, 0.15) is 16.9 Å². The summed E-state index contributed by atoms with van der Waals surface area (Å²) in [5.74, 6) is 0.646. The van der Waals surface area contributed by atoms with Crippen LogP contribution in [0.2, 0.25) is 10.0 Å². The molecule has 3 atom stereocenters. The number of hydrogen-bond donors (Lipinski definition) is 0. The monoisotopic (exact) mass is 292 g/mol. The molecular weight excluding hydrogens is 279 g/mol. The predicted molar refractivity (Wildman–Crippen MR) is 73.5 cm³/mol. The molecule has 0 heterocycles. The Labute approximate surface area is 117 Å². The van der Waals surface area contributed by atoms with Crippen molar-refractivity contribution in [1.82, 2.24) is 0 Å². The minimum Gasteiger partial charge on any atom is -0.488 e. The topological polar surface area (TPSA) is 9.23 Å². The van der Waals surface area contributed by atoms with Crippen molar-refractivity contribution < 1.29 is 4.74 Å². The Morgan fingerprint density at radius 3 is 2.71 bits per heavy atom. The molecule has 1 aromatic rings. The molecule has 0 aliphatic heterocycles. The average Bonchev–Trinajstić information content (AvgIpc) is 2.33. The molecule has 0 N–H and O–H groups in total. The molecular formula is C13H15Cl3O. The zero-order valence-electron chi connectivity index (χ0n) is 9.84. The second-order valence-corrected chi connectivity index (χ2v) is 6.03. The van der Waals surface area contributed by atoms with Crippen molar-refractivity contribution in [1.29, 1.82) is 0 Å². The average molecular weight is 294 g/mol. The number of halogens is 3. The van der Waals surface area contributed by atoms with Crippen LogP contribution in [0.15, 0.2) is 18.2 Å². The van der Waals surface area contributed by atoms with Crippen molar-refractivity contribution in [3.8, 4) is 5.75 Å². The zero-order chi connectivity index (χ0) is 12.6. The van der Waals surface area contributed by atoms with E-state index in [2.05, 4.69) is 13.8 Å². The van der Waals surface area contributed by atoms with Gasteiger partial charge in [0.05, 0.1) is 5.02 Å². The van der Waals surface area contributed by atoms with Gasteiger partial charge in [0.25, 0.3) is 0 Å². The van der Waals surface area contributed by atoms with Crippen LogP contribution in [-0.4, -0.2) is 11.5 Å². The molecule has 0 amide bonds. The van der Waals surface area contributed by atoms with Gasteiger partial charge < -0.3 is 4.74 Å². The molecule has 94 valence electrons. The molecule has 1 fully saturated rings. The lowest BCUT2D eigenvalue weighted by molar-refractivity contribution is -0.0294. The van der Waals surface area contributed by atoms with Gasteiger partial charge in [0.15, 0.2) is 0 Å². The van der Waals surface area contributed by atoms with Crippen LogP contribution >= 0.6 is 34.8 Å². The lowest BCUT2D eigenvalue weighted by Gasteiger charge is -2.50. The first-order valence-electron chi connectivity index (χ1n) is 5.73. The van der Waals surface area contributed by atoms with E-state index in [1.807, 2.05) is 12.1 Å². The zero-order valence-corrected chi connectivity index (χ0v) is 12.1. The second-order valence-electron chi connectivity index (χ2n) is 4.72. The maximum Gasteiger partial charge on any atom is 0.139 e. The number of rotatable bonds is 3. The fraction of sp³-hybridized carbons (Fsp3) is 0.538. The van der Waals surface area contributed by atoms with E-state index in [1.54, 1.807) is 6.07 Å². The van der Waals surface area contributed by atoms with Gasteiger partial charge in [-0.3, -0.25) is 0 Å². The lowest BCUT2D eigenvalue weighted by atomic mass is 9.65. The van der Waals surface area contributed by atoms with Gasteiger partial charge in [-0.05, 0) is 18.6 Å². The molecule has 1 saturated carbocycles. The van der Waals surface area contributed by atoms with Crippen LogP contribution in [0.5, 0.6) is 5.75 Å². The first-order chi connectivity index (χ1) is 7.99. The smallest absolute Gasteiger partial charge is 0.139 e. The van der Waals surface area contributed by atoms with Crippen molar-refractivity contribution >= 4 is 34.8 Å². The molecule has 0 saturated heterocycles. The molecule has 1 aromatic carbocycles. The predicted octanol–water partition coefficient (Wildman–Crippen LogP) is 5.17. The lowest BCUT2D eigenvalue weighted by Crippen LogP contribution is -2.55. The van der Waals surface area contributed by atoms with Crippen LogP contribution in [0, 0.1) is 5.41 Å². The first-order valence-corrected chi connectivity index (χ1v) is 6.93. The highest BCUT2D eigenvalue weighted by Gasteiger charge is 2.51. The number of benzene rings is 1. The molecule has 1 aliphatic carbocycles. The molecule has 0 radical (unpaired) electrons. The number of ether oxygens (including phenoxy) is 1. The Morgan fingerprint density at radius 2 is 2.12 bits per heavy atom. The minimum atomic E-state index is 0.0210. The van der Waals surface area contributed by atoms with Crippen LogP contribution in [0.1, 0.15) is 26.7 Å². The Kier molecular flexibility index (Phi) is 3.82. The summed E-state index contributed by atoms with van der Waals surface area (Å²) >= 11 is 18.3. The van der Waals surface area contributed by atoms with Crippen LogP contribution < -0.4 is 4.74 Å². The number of hydrogen-bond acceptors (Lipinski definition) is 1. The summed E-state index contributed by atoms with van der Waals surface area (Å²) in [6, 6.07) is 5.43. The normalized spacial score (nSPS) is 32.1. The number of alkyl halides is 1. The molecule has 4 heteroatoms. The van der Waals surface area contributed by atoms with Gasteiger partial charge in [0, 0.05) is 17.2 Å². The summed E-state index contributed by atoms with van der Waals surface area (Å²) in [5.41, 5.74) is 0.0210. The Bertz CT molecular complexity index is 421. The van der Waals surface area contributed by atoms with Crippen LogP contribution in [-0.2, 0) is 0 Å². The van der Waals surface area contributed by atoms with E-state index in [1.165, 1.54) is 0 Å². The van der Waals surface area contributed by atoms with E-state index in [-0.39, 0.29) is 16.9 Å². The molecule has 1 aliphatic rings. The third kappa shape index (κ3) is 2.25. The second kappa shape index (κ2) is 4.87. The largest absolute Gasteiger partial charge is 0.488 e. The van der Waals surface area contributed by atoms with Gasteiger partial charge in [-0.2, -0.15) is 0 Å². The maximum atomic E-state index is 6.25. The van der Waals surface area contributed by atoms with Gasteiger partial charge in [0.2, 0.25) is 0 Å². The molecule has 0 spiro atoms. The van der Waals surface area contributed by atoms with Crippen molar-refractivity contribution in [2.75, 3.05) is 0 Å². The highest BCUT2D eigenvalue weighted by Crippen LogP contribution is 2.50. The van der Waals surface area contributed by atoms with E-state index in [0.717, 1.165) is 12.8 Å². The molecule has 2 rings (SSSR count). The summed E-state index contributed by atoms with van der Waals surface area (Å²) in [6.45, 7) is 4.28. The summed E-state index contributed by atoms with van der Waals surface area (Å²) in [7, 11) is 0. The fourth-order valence-corrected chi connectivity index (χ4v) is 2.92. The highest BCUT2D eigenvalue weighted by atomic mass is 35.5. The van der Waals surface area contributed by atoms with E-state index in [9.17, 15) is 0 Å². The highest BCUT2D eigenvalue weighted by molar-refractivity contribution is 6.42. The van der Waals surface area contributed by atoms with Crippen molar-refractivity contribution in [2.24, 2.45) is 5.41 Å². The van der Waals surface area contributed by atoms with Gasteiger partial charge in [-0.1, -0.05) is 43.1 Å². The SMILES string of the molecule is CCC1(C)C(Cl)CC1Oc1cccc(Cl)c1Cl. The van der Waals surface area contributed by atoms with E-state index >= 15 is 0 Å². The Morgan fingerprint density at radius 1 is 1.41 bits per heavy atom. The molecule has 0 aromatic heterocycles. The minimum absolute atomic E-state index is 0.0210. The van der Waals surface area contributed by atoms with Crippen molar-refractivity contribution in [3.05, 3.63) is 28.2 Å². The summed E-state index contributed by atoms with van der Waals surface area (Å²) in [5, 5.41) is 1.17. The standard InChI is InChI=1S/C13H15Cl3O/c1-3-13(2)10(15)7-11(13)17-9-6-4-5-8(14)12(9)16/h4-6,10-11H,3,7H2,1-2H3. The quantitative estimate of drug-likeness (QED) is 0.699. The molecule has 17 heavy (non-hydrogen) atoms. The summed E-state index contributed by atoms with van der Waals surface area (Å²) < 4.78 is 5.94. The van der Waals surface area contributed by atoms with Crippen molar-refractivity contribution in [2.45, 2.75) is 38.2 Å². The van der Waals surface area contributed by atoms with Gasteiger partial charge >= 0.3 is 0 Å². The van der Waals surface area contributed by atoms with Gasteiger partial charge in [-0.25, -0.2) is 0 Å². The van der Waals surface area contributed by atoms with E-state index < -0.39 is 0 Å². The maximum absolute atomic E-state index is 6.25. The molecule has 3 unspecified atom stereocenters. The molecule has 0 bridgehead atoms. The van der Waals surface area contributed by atoms with Crippen LogP contribution in [0.4, 0.5) is 0 Å². The first kappa shape index (κ1) is 13.3. The Balaban J connectivity index is 2.15. The third-order valence-electron chi connectivity index (χ3n) is 3.82. The van der Waals surface area contributed by atoms with Crippen LogP contribution in [0.25, 0.3) is 0 Å². The van der Waals surface area contributed by atoms with Crippen LogP contribution in [0.3, 0.4) is 0 Å². The fourth-order valence-electron chi connectivity index (χ4n) is 2.13. The van der Waals surface area contributed by atoms with E-state index in [4.69, 9.17) is 39.5 Å². The van der Waals surface area contributed by atoms with E-state index in [0.29, 0.717) is 15.8 Å². The van der Waals surface area contributed by atoms with Crippen molar-refractivity contribution in [3.63, 3.8) is 0 Å². The summed E-state index contributed by atoms with van der Waals surface area (Å²) in [6.07, 6.45) is 1.96. The summed E-state index contributed by atoms with van der Waals surface area (Å²) in [4.78, 5) is 0.